The van der Waals surface area contributed by atoms with Crippen LogP contribution in [0.1, 0.15) is 26.7 Å². The van der Waals surface area contributed by atoms with Crippen LogP contribution < -0.4 is 25.4 Å². The molecule has 2 heterocycles. The maximum Gasteiger partial charge on any atom is 0.252 e. The number of allylic oxidation sites excluding steroid dienone is 2. The molecule has 0 atom stereocenters. The lowest BCUT2D eigenvalue weighted by Gasteiger charge is -2.28. The van der Waals surface area contributed by atoms with E-state index in [2.05, 4.69) is 27.9 Å². The molecule has 0 spiro atoms. The maximum atomic E-state index is 12.7. The standard InChI is InChI=1S/C24H28N4O3/c1-5-7-11-17(27-20-14-8-9-15-26-20)23-21(16(6-2)24(29)25-3)28-22-18(30-4)12-10-13-19(22)31-23/h6,8-15,28H,5,7H2,1-4H3,(H,25,29)(H,26,27)/b16-6+,17-11-. The minimum absolute atomic E-state index is 0.225. The number of aromatic nitrogens is 1. The number of anilines is 2. The third-order valence-electron chi connectivity index (χ3n) is 4.74. The zero-order valence-electron chi connectivity index (χ0n) is 18.3. The third kappa shape index (κ3) is 4.88. The maximum absolute atomic E-state index is 12.7. The van der Waals surface area contributed by atoms with Gasteiger partial charge in [0.1, 0.15) is 17.3 Å². The van der Waals surface area contributed by atoms with Crippen molar-refractivity contribution in [3.63, 3.8) is 0 Å². The van der Waals surface area contributed by atoms with Crippen LogP contribution in [0, 0.1) is 0 Å². The van der Waals surface area contributed by atoms with Gasteiger partial charge in [-0.3, -0.25) is 4.79 Å². The molecule has 3 rings (SSSR count). The zero-order valence-corrected chi connectivity index (χ0v) is 18.3. The van der Waals surface area contributed by atoms with Crippen LogP contribution in [-0.4, -0.2) is 25.0 Å². The molecule has 1 aliphatic rings. The fourth-order valence-electron chi connectivity index (χ4n) is 3.20. The molecule has 31 heavy (non-hydrogen) atoms. The number of hydrogen-bond donors (Lipinski definition) is 3. The highest BCUT2D eigenvalue weighted by atomic mass is 16.5. The molecule has 0 aliphatic carbocycles. The average Bonchev–Trinajstić information content (AvgIpc) is 2.81. The zero-order chi connectivity index (χ0) is 22.2. The highest BCUT2D eigenvalue weighted by molar-refractivity contribution is 5.99. The topological polar surface area (TPSA) is 84.5 Å². The van der Waals surface area contributed by atoms with Gasteiger partial charge in [0, 0.05) is 13.2 Å². The summed E-state index contributed by atoms with van der Waals surface area (Å²) in [6.45, 7) is 3.92. The molecule has 0 saturated carbocycles. The predicted molar refractivity (Wildman–Crippen MR) is 123 cm³/mol. The fourth-order valence-corrected chi connectivity index (χ4v) is 3.20. The first-order valence-electron chi connectivity index (χ1n) is 10.3. The first kappa shape index (κ1) is 22.0. The number of nitrogens with one attached hydrogen (secondary N) is 3. The molecule has 1 amide bonds. The Balaban J connectivity index is 2.16. The number of para-hydroxylation sites is 1. The summed E-state index contributed by atoms with van der Waals surface area (Å²) in [5, 5.41) is 9.42. The predicted octanol–water partition coefficient (Wildman–Crippen LogP) is 4.59. The van der Waals surface area contributed by atoms with Crippen molar-refractivity contribution in [1.82, 2.24) is 10.3 Å². The number of methoxy groups -OCH3 is 1. The number of carbonyl (C=O) groups is 1. The third-order valence-corrected chi connectivity index (χ3v) is 4.74. The van der Waals surface area contributed by atoms with E-state index in [-0.39, 0.29) is 5.91 Å². The highest BCUT2D eigenvalue weighted by Crippen LogP contribution is 2.42. The second kappa shape index (κ2) is 10.3. The van der Waals surface area contributed by atoms with E-state index in [0.717, 1.165) is 18.5 Å². The van der Waals surface area contributed by atoms with Gasteiger partial charge in [-0.25, -0.2) is 4.98 Å². The Hall–Kier alpha value is -3.74. The van der Waals surface area contributed by atoms with E-state index in [1.807, 2.05) is 49.4 Å². The number of amides is 1. The van der Waals surface area contributed by atoms with Crippen molar-refractivity contribution >= 4 is 17.4 Å². The fraction of sp³-hybridized carbons (Fsp3) is 0.250. The van der Waals surface area contributed by atoms with Gasteiger partial charge in [-0.2, -0.15) is 0 Å². The van der Waals surface area contributed by atoms with E-state index in [4.69, 9.17) is 9.47 Å². The summed E-state index contributed by atoms with van der Waals surface area (Å²) in [6, 6.07) is 11.2. The number of benzene rings is 1. The van der Waals surface area contributed by atoms with Gasteiger partial charge in [-0.05, 0) is 37.6 Å². The van der Waals surface area contributed by atoms with Gasteiger partial charge in [0.2, 0.25) is 0 Å². The summed E-state index contributed by atoms with van der Waals surface area (Å²) < 4.78 is 11.8. The molecule has 3 N–H and O–H groups in total. The van der Waals surface area contributed by atoms with Crippen LogP contribution in [0.3, 0.4) is 0 Å². The lowest BCUT2D eigenvalue weighted by Crippen LogP contribution is -2.28. The van der Waals surface area contributed by atoms with Crippen molar-refractivity contribution in [2.75, 3.05) is 24.8 Å². The lowest BCUT2D eigenvalue weighted by atomic mass is 10.1. The number of unbranched alkanes of at least 4 members (excludes halogenated alkanes) is 1. The Morgan fingerprint density at radius 3 is 2.74 bits per heavy atom. The van der Waals surface area contributed by atoms with Gasteiger partial charge in [-0.1, -0.05) is 37.6 Å². The molecule has 1 aromatic heterocycles. The van der Waals surface area contributed by atoms with Crippen LogP contribution in [-0.2, 0) is 4.79 Å². The molecule has 0 radical (unpaired) electrons. The second-order valence-corrected chi connectivity index (χ2v) is 6.79. The Labute approximate surface area is 182 Å². The van der Waals surface area contributed by atoms with E-state index in [9.17, 15) is 4.79 Å². The smallest absolute Gasteiger partial charge is 0.252 e. The molecule has 0 fully saturated rings. The van der Waals surface area contributed by atoms with Gasteiger partial charge < -0.3 is 25.4 Å². The van der Waals surface area contributed by atoms with Crippen molar-refractivity contribution in [2.45, 2.75) is 26.7 Å². The number of carbonyl (C=O) groups excluding carboxylic acids is 1. The molecule has 0 saturated heterocycles. The van der Waals surface area contributed by atoms with Crippen LogP contribution >= 0.6 is 0 Å². The molecule has 162 valence electrons. The number of rotatable bonds is 8. The van der Waals surface area contributed by atoms with Crippen molar-refractivity contribution in [1.29, 1.82) is 0 Å². The minimum Gasteiger partial charge on any atom is -0.494 e. The average molecular weight is 421 g/mol. The summed E-state index contributed by atoms with van der Waals surface area (Å²) in [7, 11) is 3.20. The van der Waals surface area contributed by atoms with Gasteiger partial charge >= 0.3 is 0 Å². The van der Waals surface area contributed by atoms with Crippen LogP contribution in [0.4, 0.5) is 11.5 Å². The van der Waals surface area contributed by atoms with E-state index < -0.39 is 0 Å². The first-order chi connectivity index (χ1) is 15.1. The van der Waals surface area contributed by atoms with Gasteiger partial charge in [0.15, 0.2) is 11.5 Å². The van der Waals surface area contributed by atoms with Crippen LogP contribution in [0.2, 0.25) is 0 Å². The first-order valence-corrected chi connectivity index (χ1v) is 10.3. The molecule has 0 unspecified atom stereocenters. The number of ether oxygens (including phenoxy) is 2. The van der Waals surface area contributed by atoms with Gasteiger partial charge in [-0.15, -0.1) is 0 Å². The molecule has 1 aromatic carbocycles. The van der Waals surface area contributed by atoms with Gasteiger partial charge in [0.25, 0.3) is 5.91 Å². The Bertz CT molecular complexity index is 1030. The van der Waals surface area contributed by atoms with Crippen molar-refractivity contribution in [2.24, 2.45) is 0 Å². The molecule has 2 aromatic rings. The summed E-state index contributed by atoms with van der Waals surface area (Å²) in [5.74, 6) is 2.20. The van der Waals surface area contributed by atoms with E-state index in [1.54, 1.807) is 26.4 Å². The van der Waals surface area contributed by atoms with E-state index >= 15 is 0 Å². The summed E-state index contributed by atoms with van der Waals surface area (Å²) in [6.07, 6.45) is 7.30. The van der Waals surface area contributed by atoms with Crippen LogP contribution in [0.5, 0.6) is 11.5 Å². The van der Waals surface area contributed by atoms with Crippen LogP contribution in [0.25, 0.3) is 0 Å². The second-order valence-electron chi connectivity index (χ2n) is 6.79. The number of likely N-dealkylation sites (N-methyl/N-ethyl adjacent to an activating group) is 1. The highest BCUT2D eigenvalue weighted by Gasteiger charge is 2.29. The summed E-state index contributed by atoms with van der Waals surface area (Å²) in [4.78, 5) is 17.0. The SMILES string of the molecule is C/C=C(/C(=O)NC)C1=C(/C(=C/CCC)Nc2ccccn2)Oc2cccc(OC)c2N1. The van der Waals surface area contributed by atoms with Crippen LogP contribution in [0.15, 0.2) is 77.5 Å². The van der Waals surface area contributed by atoms with Crippen molar-refractivity contribution < 1.29 is 14.3 Å². The number of pyridine rings is 1. The lowest BCUT2D eigenvalue weighted by molar-refractivity contribution is -0.116. The normalized spacial score (nSPS) is 13.7. The molecule has 0 bridgehead atoms. The molecule has 1 aliphatic heterocycles. The minimum atomic E-state index is -0.225. The van der Waals surface area contributed by atoms with E-state index in [1.165, 1.54) is 0 Å². The van der Waals surface area contributed by atoms with Gasteiger partial charge in [0.05, 0.1) is 24.1 Å². The van der Waals surface area contributed by atoms with Crippen molar-refractivity contribution in [3.05, 3.63) is 77.5 Å². The number of nitrogens with zero attached hydrogens (tertiary/aromatic N) is 1. The molecular weight excluding hydrogens is 392 g/mol. The Kier molecular flexibility index (Phi) is 7.32. The number of hydrogen-bond acceptors (Lipinski definition) is 6. The molecule has 7 nitrogen and oxygen atoms in total. The quantitative estimate of drug-likeness (QED) is 0.542. The van der Waals surface area contributed by atoms with E-state index in [0.29, 0.717) is 40.0 Å². The van der Waals surface area contributed by atoms with Crippen molar-refractivity contribution in [3.8, 4) is 11.5 Å². The summed E-state index contributed by atoms with van der Waals surface area (Å²) in [5.41, 5.74) is 2.39. The Morgan fingerprint density at radius 1 is 1.26 bits per heavy atom. The monoisotopic (exact) mass is 420 g/mol. The number of fused-ring (bicyclic) bond motifs is 1. The largest absolute Gasteiger partial charge is 0.494 e. The Morgan fingerprint density at radius 2 is 2.10 bits per heavy atom. The molecular formula is C24H28N4O3. The summed E-state index contributed by atoms with van der Waals surface area (Å²) >= 11 is 0. The molecule has 7 heteroatoms.